The van der Waals surface area contributed by atoms with E-state index in [1.54, 1.807) is 69.4 Å². The molecule has 1 aromatic rings. The number of aliphatic carboxylic acids is 1. The molecule has 96 heavy (non-hydrogen) atoms. The van der Waals surface area contributed by atoms with Crippen LogP contribution in [0.4, 0.5) is 19.2 Å². The Morgan fingerprint density at radius 1 is 0.573 bits per heavy atom. The summed E-state index contributed by atoms with van der Waals surface area (Å²) in [6.45, 7) is 55.2. The van der Waals surface area contributed by atoms with E-state index in [2.05, 4.69) is 133 Å². The molecule has 3 fully saturated rings. The van der Waals surface area contributed by atoms with E-state index < -0.39 is 114 Å². The minimum absolute atomic E-state index is 0.00278. The van der Waals surface area contributed by atoms with Gasteiger partial charge in [-0.25, -0.2) is 19.2 Å². The molecule has 25 nitrogen and oxygen atoms in total. The number of esters is 3. The van der Waals surface area contributed by atoms with Crippen molar-refractivity contribution in [2.45, 2.75) is 259 Å². The first kappa shape index (κ1) is 88.1. The minimum Gasteiger partial charge on any atom is -0.481 e. The van der Waals surface area contributed by atoms with Gasteiger partial charge in [-0.1, -0.05) is 98.7 Å². The fourth-order valence-electron chi connectivity index (χ4n) is 8.95. The zero-order chi connectivity index (χ0) is 74.4. The molecular weight excluding hydrogens is 1290 g/mol. The van der Waals surface area contributed by atoms with Crippen molar-refractivity contribution in [3.8, 4) is 0 Å². The molecular formula is C68H120N4O21Si3. The molecule has 28 heteroatoms. The quantitative estimate of drug-likeness (QED) is 0.0266. The predicted octanol–water partition coefficient (Wildman–Crippen LogP) is 11.5. The largest absolute Gasteiger partial charge is 0.481 e. The van der Waals surface area contributed by atoms with Crippen LogP contribution in [-0.2, 0) is 74.8 Å². The Balaban J connectivity index is 0.000000675. The van der Waals surface area contributed by atoms with Gasteiger partial charge in [0.15, 0.2) is 16.6 Å². The van der Waals surface area contributed by atoms with Crippen molar-refractivity contribution in [3.05, 3.63) is 43.0 Å². The second-order valence-corrected chi connectivity index (χ2v) is 45.9. The van der Waals surface area contributed by atoms with Gasteiger partial charge in [-0.2, -0.15) is 0 Å². The van der Waals surface area contributed by atoms with Crippen LogP contribution in [0.5, 0.6) is 0 Å². The monoisotopic (exact) mass is 1410 g/mol. The van der Waals surface area contributed by atoms with Gasteiger partial charge in [-0.05, 0) is 131 Å². The van der Waals surface area contributed by atoms with Gasteiger partial charge in [0.1, 0.15) is 47.8 Å². The maximum Gasteiger partial charge on any atom is 0.407 e. The minimum atomic E-state index is -2.80. The zero-order valence-electron chi connectivity index (χ0n) is 62.6. The Morgan fingerprint density at radius 3 is 1.40 bits per heavy atom. The smallest absolute Gasteiger partial charge is 0.407 e. The molecule has 0 spiro atoms. The van der Waals surface area contributed by atoms with Crippen LogP contribution in [0, 0.1) is 23.7 Å². The first-order valence-electron chi connectivity index (χ1n) is 32.8. The van der Waals surface area contributed by atoms with Crippen molar-refractivity contribution in [3.63, 3.8) is 0 Å². The number of cyclic esters (lactones) is 3. The van der Waals surface area contributed by atoms with E-state index in [9.17, 15) is 43.2 Å². The van der Waals surface area contributed by atoms with Crippen molar-refractivity contribution in [2.75, 3.05) is 46.8 Å². The van der Waals surface area contributed by atoms with Crippen LogP contribution >= 0.6 is 0 Å². The summed E-state index contributed by atoms with van der Waals surface area (Å²) in [6, 6.07) is 8.24. The molecule has 3 aliphatic heterocycles. The molecule has 4 amide bonds. The van der Waals surface area contributed by atoms with Crippen LogP contribution < -0.4 is 26.5 Å². The summed E-state index contributed by atoms with van der Waals surface area (Å²) in [4.78, 5) is 103. The number of nitrogens with one attached hydrogen (secondary N) is 4. The van der Waals surface area contributed by atoms with Crippen molar-refractivity contribution in [2.24, 2.45) is 23.7 Å². The number of carboxylic acids is 1. The fraction of sp³-hybridized carbons (Fsp3) is 0.750. The van der Waals surface area contributed by atoms with Crippen LogP contribution in [0.3, 0.4) is 0 Å². The number of carboxylic acid groups (broad SMARTS) is 1. The Bertz CT molecular complexity index is 2700. The standard InChI is InChI=1S/C29H53NO5Si2.C17H33NO5Si.C11H17NO6.C11H17NO5/c1-14-23(22-34-36(12,13)28(5,6)7)25(30-26(31)35-27(2,3)4)20-21-33-37(32-11,29(8,9)10)24-18-16-15-17-19-24;1-16(2,3)23-15(20)18-13-9-14(19)21-10-12(13)11-22-24(7,8)17(4,5)6;1-11(2,3)18-10(16)12-7-4-8(13)17-5-6(7)9(14)15;1-11(2,3)17-10(15)12-8-4-9(14)16-6-7(8)5-13/h14-19,23,25H,1,20-22H2,2-13H3,(H,30,31);12-13H,9-11H2,1-8H3,(H,18,20);6-7H,4-5H2,1-3H3,(H,12,16)(H,14,15);5,7-8H,4,6H2,1-3H3,(H,12,15)/t23-,25+,37?;12-,13+;6-,7-;7-,8-/m0011/s1. The summed E-state index contributed by atoms with van der Waals surface area (Å²) in [6.07, 6.45) is 0.732. The molecule has 4 rings (SSSR count). The van der Waals surface area contributed by atoms with Gasteiger partial charge in [0.05, 0.1) is 49.9 Å². The van der Waals surface area contributed by atoms with Gasteiger partial charge in [0, 0.05) is 49.8 Å². The number of ether oxygens (including phenoxy) is 7. The molecule has 1 aromatic carbocycles. The van der Waals surface area contributed by atoms with E-state index in [1.165, 1.54) is 0 Å². The van der Waals surface area contributed by atoms with E-state index in [0.29, 0.717) is 32.5 Å². The van der Waals surface area contributed by atoms with E-state index in [0.717, 1.165) is 5.19 Å². The van der Waals surface area contributed by atoms with Crippen LogP contribution in [0.25, 0.3) is 0 Å². The van der Waals surface area contributed by atoms with Crippen molar-refractivity contribution in [1.82, 2.24) is 21.3 Å². The summed E-state index contributed by atoms with van der Waals surface area (Å²) in [5, 5.41) is 20.8. The number of carbonyl (C=O) groups excluding carboxylic acids is 8. The maximum absolute atomic E-state index is 12.8. The molecule has 0 aliphatic carbocycles. The van der Waals surface area contributed by atoms with E-state index >= 15 is 0 Å². The zero-order valence-corrected chi connectivity index (χ0v) is 65.6. The number of hydrogen-bond acceptors (Lipinski definition) is 20. The van der Waals surface area contributed by atoms with Crippen LogP contribution in [0.1, 0.15) is 171 Å². The second kappa shape index (κ2) is 36.8. The molecule has 3 saturated heterocycles. The SMILES string of the molecule is C=C[C@@H](CO[Si](C)(C)C(C)(C)C)[C@@H](CCO[Si](OC)(c1ccccc1)C(C)(C)C)NC(=O)OC(C)(C)C.CC(C)(C)OC(=O)N[C@@H]1CC(=O)OC[C@H]1C(=O)O.CC(C)(C)OC(=O)N[C@@H]1CC(=O)OC[C@H]1C=O.CC(C)(C)OC(=O)N[C@@H]1CC(=O)OC[C@H]1CO[Si](C)(C)C(C)(C)C. The van der Waals surface area contributed by atoms with Crippen molar-refractivity contribution in [1.29, 1.82) is 0 Å². The van der Waals surface area contributed by atoms with Gasteiger partial charge in [-0.15, -0.1) is 6.58 Å². The van der Waals surface area contributed by atoms with Gasteiger partial charge in [-0.3, -0.25) is 19.2 Å². The molecule has 3 heterocycles. The van der Waals surface area contributed by atoms with Gasteiger partial charge >= 0.3 is 56.8 Å². The number of amides is 4. The number of aldehydes is 1. The summed E-state index contributed by atoms with van der Waals surface area (Å²) in [5.74, 6) is -4.02. The third-order valence-corrected chi connectivity index (χ3v) is 29.5. The Labute approximate surface area is 575 Å². The lowest BCUT2D eigenvalue weighted by Crippen LogP contribution is -2.60. The average molecular weight is 1410 g/mol. The molecule has 0 bridgehead atoms. The van der Waals surface area contributed by atoms with Crippen LogP contribution in [-0.4, -0.2) is 178 Å². The van der Waals surface area contributed by atoms with Crippen molar-refractivity contribution >= 4 is 84.9 Å². The topological polar surface area (TPSA) is 324 Å². The van der Waals surface area contributed by atoms with E-state index in [4.69, 9.17) is 51.2 Å². The predicted molar refractivity (Wildman–Crippen MR) is 373 cm³/mol. The Morgan fingerprint density at radius 2 is 0.979 bits per heavy atom. The highest BCUT2D eigenvalue weighted by molar-refractivity contribution is 6.83. The third-order valence-electron chi connectivity index (χ3n) is 16.2. The molecule has 0 saturated carbocycles. The number of benzene rings is 1. The average Bonchev–Trinajstić information content (AvgIpc) is 0.777. The molecule has 0 aromatic heterocycles. The number of hydrogen-bond donors (Lipinski definition) is 5. The molecule has 550 valence electrons. The maximum atomic E-state index is 12.8. The molecule has 1 unspecified atom stereocenters. The van der Waals surface area contributed by atoms with E-state index in [1.807, 2.05) is 45.0 Å². The first-order chi connectivity index (χ1) is 43.5. The summed E-state index contributed by atoms with van der Waals surface area (Å²) in [7, 11) is -4.95. The van der Waals surface area contributed by atoms with E-state index in [-0.39, 0.29) is 84.1 Å². The van der Waals surface area contributed by atoms with Gasteiger partial charge in [0.25, 0.3) is 0 Å². The molecule has 0 radical (unpaired) electrons. The molecule has 9 atom stereocenters. The fourth-order valence-corrected chi connectivity index (χ4v) is 14.5. The second-order valence-electron chi connectivity index (χ2n) is 32.3. The summed E-state index contributed by atoms with van der Waals surface area (Å²) < 4.78 is 61.1. The van der Waals surface area contributed by atoms with Gasteiger partial charge in [0.2, 0.25) is 0 Å². The van der Waals surface area contributed by atoms with Crippen LogP contribution in [0.15, 0.2) is 43.0 Å². The number of carbonyl (C=O) groups is 9. The Hall–Kier alpha value is -5.92. The molecule has 3 aliphatic rings. The number of alkyl carbamates (subject to hydrolysis) is 4. The van der Waals surface area contributed by atoms with Gasteiger partial charge < -0.3 is 82.0 Å². The highest BCUT2D eigenvalue weighted by atomic mass is 28.4. The first-order valence-corrected chi connectivity index (χ1v) is 40.4. The van der Waals surface area contributed by atoms with Crippen molar-refractivity contribution < 1.29 is 99.1 Å². The highest BCUT2D eigenvalue weighted by Gasteiger charge is 2.51. The Kier molecular flexibility index (Phi) is 33.7. The lowest BCUT2D eigenvalue weighted by Gasteiger charge is -2.41. The van der Waals surface area contributed by atoms with Crippen LogP contribution in [0.2, 0.25) is 41.3 Å². The lowest BCUT2D eigenvalue weighted by atomic mass is 9.96. The lowest BCUT2D eigenvalue weighted by molar-refractivity contribution is -0.159. The third kappa shape index (κ3) is 32.2. The normalized spacial score (nSPS) is 20.9. The molecule has 5 N–H and O–H groups in total. The summed E-state index contributed by atoms with van der Waals surface area (Å²) in [5.41, 5.74) is -2.47. The number of rotatable bonds is 20. The highest BCUT2D eigenvalue weighted by Crippen LogP contribution is 2.40. The summed E-state index contributed by atoms with van der Waals surface area (Å²) >= 11 is 0.